The first kappa shape index (κ1) is 35.8. The fraction of sp³-hybridized carbons (Fsp3) is 0.333. The van der Waals surface area contributed by atoms with E-state index in [2.05, 4.69) is 10.6 Å². The Morgan fingerprint density at radius 3 is 2.37 bits per heavy atom. The highest BCUT2D eigenvalue weighted by Crippen LogP contribution is 2.24. The Kier molecular flexibility index (Phi) is 11.8. The van der Waals surface area contributed by atoms with Gasteiger partial charge in [0.15, 0.2) is 11.6 Å². The highest BCUT2D eigenvalue weighted by molar-refractivity contribution is 5.96. The molecule has 0 unspecified atom stereocenters. The molecule has 2 aromatic carbocycles. The minimum atomic E-state index is -0.717. The van der Waals surface area contributed by atoms with Gasteiger partial charge in [0.1, 0.15) is 18.1 Å². The van der Waals surface area contributed by atoms with Crippen molar-refractivity contribution in [3.63, 3.8) is 0 Å². The van der Waals surface area contributed by atoms with Crippen molar-refractivity contribution in [1.29, 1.82) is 0 Å². The van der Waals surface area contributed by atoms with E-state index in [1.807, 2.05) is 44.2 Å². The molecule has 1 aliphatic rings. The standard InChI is InChI=1S/C32H36N8O6.CH2O2/c1-20(2)27-29-35-28(21-9-6-5-7-10-21)36-40(29)15-16-46-23-12-8-11-22(17-23)30(43)33-13-14-39(19-25(41)34-27)31(44)24-18-26(42)38(4)32(45)37(24)3;2-1-3/h5-12,17-18,20,27H,13-16,19H2,1-4H3,(H,33,43)(H,34,41);1H,(H,2,3)/t27-;/m0./s1. The molecule has 0 aliphatic carbocycles. The molecule has 2 aromatic heterocycles. The molecule has 0 saturated heterocycles. The van der Waals surface area contributed by atoms with Crippen LogP contribution < -0.4 is 26.6 Å². The van der Waals surface area contributed by atoms with E-state index in [1.54, 1.807) is 28.9 Å². The molecule has 1 atom stereocenters. The Labute approximate surface area is 280 Å². The number of amides is 3. The van der Waals surface area contributed by atoms with E-state index in [0.29, 0.717) is 29.5 Å². The number of ether oxygens (including phenoxy) is 1. The van der Waals surface area contributed by atoms with Gasteiger partial charge in [0.2, 0.25) is 5.91 Å². The van der Waals surface area contributed by atoms with Crippen LogP contribution in [0.3, 0.4) is 0 Å². The van der Waals surface area contributed by atoms with Gasteiger partial charge in [0.05, 0.1) is 19.1 Å². The predicted molar refractivity (Wildman–Crippen MR) is 177 cm³/mol. The number of nitrogens with one attached hydrogen (secondary N) is 2. The summed E-state index contributed by atoms with van der Waals surface area (Å²) < 4.78 is 9.61. The van der Waals surface area contributed by atoms with Crippen LogP contribution in [-0.2, 0) is 30.2 Å². The first-order valence-corrected chi connectivity index (χ1v) is 15.4. The molecule has 0 radical (unpaired) electrons. The van der Waals surface area contributed by atoms with Crippen molar-refractivity contribution in [2.75, 3.05) is 26.2 Å². The van der Waals surface area contributed by atoms with Crippen molar-refractivity contribution in [1.82, 2.24) is 39.4 Å². The van der Waals surface area contributed by atoms with Gasteiger partial charge >= 0.3 is 5.69 Å². The average molecular weight is 675 g/mol. The molecule has 49 heavy (non-hydrogen) atoms. The number of hydrogen-bond donors (Lipinski definition) is 3. The number of hydrogen-bond acceptors (Lipinski definition) is 9. The van der Waals surface area contributed by atoms with Gasteiger partial charge < -0.3 is 25.4 Å². The minimum Gasteiger partial charge on any atom is -0.492 e. The third kappa shape index (κ3) is 8.65. The zero-order chi connectivity index (χ0) is 35.7. The monoisotopic (exact) mass is 674 g/mol. The quantitative estimate of drug-likeness (QED) is 0.262. The van der Waals surface area contributed by atoms with Crippen molar-refractivity contribution >= 4 is 24.2 Å². The number of rotatable bonds is 3. The third-order valence-electron chi connectivity index (χ3n) is 7.70. The van der Waals surface area contributed by atoms with E-state index in [9.17, 15) is 24.0 Å². The predicted octanol–water partition coefficient (Wildman–Crippen LogP) is 0.821. The molecule has 0 spiro atoms. The van der Waals surface area contributed by atoms with Crippen LogP contribution in [0.1, 0.15) is 46.6 Å². The molecule has 3 amide bonds. The number of carbonyl (C=O) groups is 4. The Balaban J connectivity index is 0.00000174. The number of carboxylic acid groups (broad SMARTS) is 1. The molecule has 3 heterocycles. The van der Waals surface area contributed by atoms with Crippen molar-refractivity contribution < 1.29 is 29.0 Å². The molecule has 16 nitrogen and oxygen atoms in total. The summed E-state index contributed by atoms with van der Waals surface area (Å²) in [5.74, 6) is -0.283. The Morgan fingerprint density at radius 1 is 0.980 bits per heavy atom. The van der Waals surface area contributed by atoms with Crippen LogP contribution in [0.25, 0.3) is 11.4 Å². The van der Waals surface area contributed by atoms with Gasteiger partial charge in [0, 0.05) is 44.4 Å². The first-order chi connectivity index (χ1) is 23.4. The van der Waals surface area contributed by atoms with Crippen LogP contribution in [0.4, 0.5) is 0 Å². The van der Waals surface area contributed by atoms with E-state index >= 15 is 0 Å². The molecule has 5 rings (SSSR count). The Bertz CT molecular complexity index is 1930. The summed E-state index contributed by atoms with van der Waals surface area (Å²) in [6, 6.07) is 16.6. The fourth-order valence-corrected chi connectivity index (χ4v) is 5.12. The van der Waals surface area contributed by atoms with Gasteiger partial charge in [-0.3, -0.25) is 33.1 Å². The average Bonchev–Trinajstić information content (AvgIpc) is 3.51. The molecule has 16 heteroatoms. The Hall–Kier alpha value is -6.06. The summed E-state index contributed by atoms with van der Waals surface area (Å²) >= 11 is 0. The first-order valence-electron chi connectivity index (χ1n) is 15.4. The van der Waals surface area contributed by atoms with Crippen LogP contribution in [0.15, 0.2) is 70.3 Å². The van der Waals surface area contributed by atoms with Gasteiger partial charge in [-0.05, 0) is 24.1 Å². The van der Waals surface area contributed by atoms with E-state index in [1.165, 1.54) is 19.0 Å². The molecule has 258 valence electrons. The second-order valence-electron chi connectivity index (χ2n) is 11.4. The second-order valence-corrected chi connectivity index (χ2v) is 11.4. The van der Waals surface area contributed by atoms with E-state index in [-0.39, 0.29) is 37.8 Å². The number of carbonyl (C=O) groups excluding carboxylic acids is 3. The minimum absolute atomic E-state index is 0.00982. The summed E-state index contributed by atoms with van der Waals surface area (Å²) in [4.78, 5) is 79.7. The lowest BCUT2D eigenvalue weighted by molar-refractivity contribution is -0.123. The maximum Gasteiger partial charge on any atom is 0.331 e. The number of benzene rings is 2. The van der Waals surface area contributed by atoms with E-state index in [4.69, 9.17) is 24.7 Å². The maximum absolute atomic E-state index is 13.7. The van der Waals surface area contributed by atoms with Gasteiger partial charge in [-0.25, -0.2) is 14.5 Å². The number of fused-ring (bicyclic) bond motifs is 3. The van der Waals surface area contributed by atoms with Crippen LogP contribution in [0, 0.1) is 5.92 Å². The third-order valence-corrected chi connectivity index (χ3v) is 7.70. The SMILES string of the molecule is CC(C)[C@@H]1NC(=O)CN(C(=O)c2cc(=O)n(C)c(=O)n2C)CCNC(=O)c2cccc(c2)OCCn2nc(-c3ccccc3)nc21.O=CO. The van der Waals surface area contributed by atoms with Gasteiger partial charge in [-0.15, -0.1) is 0 Å². The van der Waals surface area contributed by atoms with Crippen LogP contribution in [0.5, 0.6) is 5.75 Å². The molecular weight excluding hydrogens is 636 g/mol. The molecule has 0 fully saturated rings. The summed E-state index contributed by atoms with van der Waals surface area (Å²) in [5.41, 5.74) is -0.385. The van der Waals surface area contributed by atoms with Crippen molar-refractivity contribution in [3.05, 3.63) is 98.6 Å². The second kappa shape index (κ2) is 16.2. The summed E-state index contributed by atoms with van der Waals surface area (Å²) in [6.45, 7) is 3.62. The normalized spacial score (nSPS) is 15.4. The van der Waals surface area contributed by atoms with E-state index < -0.39 is 41.6 Å². The van der Waals surface area contributed by atoms with Crippen LogP contribution in [0.2, 0.25) is 0 Å². The lowest BCUT2D eigenvalue weighted by atomic mass is 10.0. The molecule has 3 N–H and O–H groups in total. The summed E-state index contributed by atoms with van der Waals surface area (Å²) in [7, 11) is 2.68. The smallest absolute Gasteiger partial charge is 0.331 e. The van der Waals surface area contributed by atoms with Crippen molar-refractivity contribution in [3.8, 4) is 17.1 Å². The molecule has 2 bridgehead atoms. The van der Waals surface area contributed by atoms with Crippen LogP contribution in [-0.4, -0.2) is 84.3 Å². The van der Waals surface area contributed by atoms with Gasteiger partial charge in [-0.1, -0.05) is 50.2 Å². The fourth-order valence-electron chi connectivity index (χ4n) is 5.12. The Morgan fingerprint density at radius 2 is 1.67 bits per heavy atom. The zero-order valence-corrected chi connectivity index (χ0v) is 27.5. The lowest BCUT2D eigenvalue weighted by Gasteiger charge is -2.26. The summed E-state index contributed by atoms with van der Waals surface area (Å²) in [6.07, 6.45) is 0. The number of nitrogens with zero attached hydrogens (tertiary/aromatic N) is 6. The largest absolute Gasteiger partial charge is 0.492 e. The topological polar surface area (TPSA) is 200 Å². The number of aromatic nitrogens is 5. The van der Waals surface area contributed by atoms with Crippen molar-refractivity contribution in [2.45, 2.75) is 26.4 Å². The van der Waals surface area contributed by atoms with Crippen LogP contribution >= 0.6 is 0 Å². The van der Waals surface area contributed by atoms with Crippen molar-refractivity contribution in [2.24, 2.45) is 20.0 Å². The maximum atomic E-state index is 13.7. The molecule has 4 aromatic rings. The highest BCUT2D eigenvalue weighted by Gasteiger charge is 2.28. The van der Waals surface area contributed by atoms with E-state index in [0.717, 1.165) is 20.8 Å². The summed E-state index contributed by atoms with van der Waals surface area (Å²) in [5, 5.41) is 17.4. The molecular formula is C33H38N8O8. The van der Waals surface area contributed by atoms with Gasteiger partial charge in [-0.2, -0.15) is 5.10 Å². The molecule has 0 saturated carbocycles. The lowest BCUT2D eigenvalue weighted by Crippen LogP contribution is -2.48. The highest BCUT2D eigenvalue weighted by atomic mass is 16.5. The zero-order valence-electron chi connectivity index (χ0n) is 27.5. The van der Waals surface area contributed by atoms with Gasteiger partial charge in [0.25, 0.3) is 23.8 Å². The molecule has 1 aliphatic heterocycles.